The van der Waals surface area contributed by atoms with Crippen molar-refractivity contribution in [3.05, 3.63) is 52.7 Å². The summed E-state index contributed by atoms with van der Waals surface area (Å²) in [5, 5.41) is 8.88. The third-order valence-electron chi connectivity index (χ3n) is 6.87. The van der Waals surface area contributed by atoms with Crippen LogP contribution in [0.25, 0.3) is 10.9 Å². The smallest absolute Gasteiger partial charge is 0.251 e. The molecule has 2 amide bonds. The fourth-order valence-corrected chi connectivity index (χ4v) is 5.35. The highest BCUT2D eigenvalue weighted by atomic mass is 35.5. The second-order valence-corrected chi connectivity index (χ2v) is 9.23. The Labute approximate surface area is 197 Å². The number of aryl methyl sites for hydroxylation is 1. The van der Waals surface area contributed by atoms with Gasteiger partial charge in [0.05, 0.1) is 23.3 Å². The molecule has 0 aliphatic carbocycles. The van der Waals surface area contributed by atoms with Crippen LogP contribution in [-0.4, -0.2) is 41.8 Å². The van der Waals surface area contributed by atoms with Gasteiger partial charge in [0.1, 0.15) is 11.8 Å². The summed E-state index contributed by atoms with van der Waals surface area (Å²) in [5.41, 5.74) is 4.24. The Bertz CT molecular complexity index is 1230. The molecule has 2 aliphatic heterocycles. The van der Waals surface area contributed by atoms with Gasteiger partial charge in [-0.15, -0.1) is 0 Å². The Morgan fingerprint density at radius 2 is 1.91 bits per heavy atom. The summed E-state index contributed by atoms with van der Waals surface area (Å²) in [4.78, 5) is 26.5. The van der Waals surface area contributed by atoms with Crippen LogP contribution in [0.1, 0.15) is 48.9 Å². The van der Waals surface area contributed by atoms with E-state index in [0.717, 1.165) is 54.0 Å². The van der Waals surface area contributed by atoms with E-state index in [0.29, 0.717) is 23.8 Å². The van der Waals surface area contributed by atoms with Crippen molar-refractivity contribution < 1.29 is 14.3 Å². The lowest BCUT2D eigenvalue weighted by molar-refractivity contribution is -0.135. The first-order valence-electron chi connectivity index (χ1n) is 11.4. The maximum Gasteiger partial charge on any atom is 0.251 e. The van der Waals surface area contributed by atoms with E-state index >= 15 is 0 Å². The van der Waals surface area contributed by atoms with Crippen molar-refractivity contribution in [3.63, 3.8) is 0 Å². The van der Waals surface area contributed by atoms with Gasteiger partial charge in [-0.1, -0.05) is 23.7 Å². The molecular formula is C25H27ClN4O3. The van der Waals surface area contributed by atoms with Gasteiger partial charge in [0, 0.05) is 30.6 Å². The van der Waals surface area contributed by atoms with Gasteiger partial charge in [-0.05, 0) is 61.9 Å². The molecule has 1 atom stereocenters. The number of ether oxygens (including phenoxy) is 1. The summed E-state index contributed by atoms with van der Waals surface area (Å²) < 4.78 is 7.19. The number of hydrogen-bond donors (Lipinski definition) is 1. The normalized spacial score (nSPS) is 19.7. The Morgan fingerprint density at radius 3 is 2.64 bits per heavy atom. The van der Waals surface area contributed by atoms with E-state index in [-0.39, 0.29) is 11.8 Å². The average molecular weight is 467 g/mol. The number of nitrogens with zero attached hydrogens (tertiary/aromatic N) is 3. The third kappa shape index (κ3) is 3.95. The lowest BCUT2D eigenvalue weighted by atomic mass is 9.89. The molecular weight excluding hydrogens is 440 g/mol. The number of imide groups is 1. The van der Waals surface area contributed by atoms with Crippen molar-refractivity contribution in [2.45, 2.75) is 44.6 Å². The number of aromatic nitrogens is 2. The number of anilines is 1. The molecule has 3 aromatic rings. The van der Waals surface area contributed by atoms with Crippen LogP contribution >= 0.6 is 11.6 Å². The Balaban J connectivity index is 1.39. The van der Waals surface area contributed by atoms with Gasteiger partial charge in [0.15, 0.2) is 0 Å². The van der Waals surface area contributed by atoms with Gasteiger partial charge in [-0.2, -0.15) is 5.10 Å². The third-order valence-corrected chi connectivity index (χ3v) is 7.19. The summed E-state index contributed by atoms with van der Waals surface area (Å²) in [6.45, 7) is 3.84. The molecule has 0 saturated carbocycles. The van der Waals surface area contributed by atoms with Crippen LogP contribution in [-0.2, 0) is 9.59 Å². The SMILES string of the molecule is COc1cc(C2CCN(c3cccc4c3c(C)nn4C3CCC(=O)NC3=O)CC2)ccc1Cl. The molecule has 2 fully saturated rings. The molecule has 2 aromatic carbocycles. The fourth-order valence-electron chi connectivity index (χ4n) is 5.16. The first kappa shape index (κ1) is 21.8. The van der Waals surface area contributed by atoms with Crippen LogP contribution < -0.4 is 15.0 Å². The van der Waals surface area contributed by atoms with Crippen LogP contribution in [0.5, 0.6) is 5.75 Å². The standard InChI is InChI=1S/C25H27ClN4O3/c1-15-24-19(4-3-5-20(24)30(28-15)21-8-9-23(31)27-25(21)32)29-12-10-16(11-13-29)17-6-7-18(26)22(14-17)33-2/h3-7,14,16,21H,8-13H2,1-2H3,(H,27,31,32). The fraction of sp³-hybridized carbons (Fsp3) is 0.400. The summed E-state index contributed by atoms with van der Waals surface area (Å²) in [6.07, 6.45) is 2.86. The minimum atomic E-state index is -0.459. The number of methoxy groups -OCH3 is 1. The van der Waals surface area contributed by atoms with Crippen LogP contribution in [0.4, 0.5) is 5.69 Å². The van der Waals surface area contributed by atoms with E-state index in [9.17, 15) is 9.59 Å². The van der Waals surface area contributed by atoms with E-state index in [1.165, 1.54) is 5.56 Å². The number of nitrogens with one attached hydrogen (secondary N) is 1. The molecule has 172 valence electrons. The zero-order chi connectivity index (χ0) is 23.1. The minimum Gasteiger partial charge on any atom is -0.495 e. The number of rotatable bonds is 4. The van der Waals surface area contributed by atoms with Gasteiger partial charge in [0.2, 0.25) is 5.91 Å². The van der Waals surface area contributed by atoms with Gasteiger partial charge < -0.3 is 9.64 Å². The van der Waals surface area contributed by atoms with Crippen LogP contribution in [0.3, 0.4) is 0 Å². The molecule has 2 aliphatic rings. The van der Waals surface area contributed by atoms with Crippen molar-refractivity contribution in [3.8, 4) is 5.75 Å². The molecule has 0 radical (unpaired) electrons. The summed E-state index contributed by atoms with van der Waals surface area (Å²) in [6, 6.07) is 11.8. The molecule has 5 rings (SSSR count). The molecule has 7 nitrogen and oxygen atoms in total. The van der Waals surface area contributed by atoms with Crippen molar-refractivity contribution in [1.82, 2.24) is 15.1 Å². The lowest BCUT2D eigenvalue weighted by Crippen LogP contribution is -2.42. The average Bonchev–Trinajstić information content (AvgIpc) is 3.16. The number of carbonyl (C=O) groups is 2. The predicted molar refractivity (Wildman–Crippen MR) is 128 cm³/mol. The number of fused-ring (bicyclic) bond motifs is 1. The summed E-state index contributed by atoms with van der Waals surface area (Å²) in [5.74, 6) is 0.684. The van der Waals surface area contributed by atoms with E-state index in [4.69, 9.17) is 21.4 Å². The maximum absolute atomic E-state index is 12.5. The van der Waals surface area contributed by atoms with Crippen LogP contribution in [0, 0.1) is 6.92 Å². The summed E-state index contributed by atoms with van der Waals surface area (Å²) in [7, 11) is 1.64. The summed E-state index contributed by atoms with van der Waals surface area (Å²) >= 11 is 6.20. The topological polar surface area (TPSA) is 76.5 Å². The molecule has 3 heterocycles. The number of benzene rings is 2. The van der Waals surface area contributed by atoms with Gasteiger partial charge in [-0.3, -0.25) is 19.6 Å². The van der Waals surface area contributed by atoms with Crippen molar-refractivity contribution in [2.24, 2.45) is 0 Å². The second kappa shape index (κ2) is 8.71. The largest absolute Gasteiger partial charge is 0.495 e. The van der Waals surface area contributed by atoms with E-state index < -0.39 is 6.04 Å². The molecule has 1 N–H and O–H groups in total. The Morgan fingerprint density at radius 1 is 1.12 bits per heavy atom. The molecule has 0 spiro atoms. The monoisotopic (exact) mass is 466 g/mol. The number of halogens is 1. The number of carbonyl (C=O) groups excluding carboxylic acids is 2. The Kier molecular flexibility index (Phi) is 5.74. The number of amides is 2. The predicted octanol–water partition coefficient (Wildman–Crippen LogP) is 4.37. The van der Waals surface area contributed by atoms with Gasteiger partial charge in [-0.25, -0.2) is 0 Å². The van der Waals surface area contributed by atoms with E-state index in [1.54, 1.807) is 11.8 Å². The number of piperidine rings is 2. The zero-order valence-electron chi connectivity index (χ0n) is 18.8. The zero-order valence-corrected chi connectivity index (χ0v) is 19.6. The minimum absolute atomic E-state index is 0.216. The highest BCUT2D eigenvalue weighted by molar-refractivity contribution is 6.32. The Hall–Kier alpha value is -3.06. The molecule has 1 unspecified atom stereocenters. The molecule has 0 bridgehead atoms. The molecule has 33 heavy (non-hydrogen) atoms. The van der Waals surface area contributed by atoms with Crippen LogP contribution in [0.2, 0.25) is 5.02 Å². The first-order valence-corrected chi connectivity index (χ1v) is 11.7. The van der Waals surface area contributed by atoms with Crippen molar-refractivity contribution >= 4 is 40.0 Å². The second-order valence-electron chi connectivity index (χ2n) is 8.82. The van der Waals surface area contributed by atoms with Gasteiger partial charge >= 0.3 is 0 Å². The van der Waals surface area contributed by atoms with Crippen LogP contribution in [0.15, 0.2) is 36.4 Å². The molecule has 8 heteroatoms. The first-order chi connectivity index (χ1) is 16.0. The number of hydrogen-bond acceptors (Lipinski definition) is 5. The lowest BCUT2D eigenvalue weighted by Gasteiger charge is -2.34. The highest BCUT2D eigenvalue weighted by Gasteiger charge is 2.31. The van der Waals surface area contributed by atoms with E-state index in [1.807, 2.05) is 25.1 Å². The highest BCUT2D eigenvalue weighted by Crippen LogP contribution is 2.38. The van der Waals surface area contributed by atoms with Crippen molar-refractivity contribution in [1.29, 1.82) is 0 Å². The van der Waals surface area contributed by atoms with Crippen molar-refractivity contribution in [2.75, 3.05) is 25.1 Å². The molecule has 1 aromatic heterocycles. The van der Waals surface area contributed by atoms with Gasteiger partial charge in [0.25, 0.3) is 5.91 Å². The maximum atomic E-state index is 12.5. The van der Waals surface area contributed by atoms with E-state index in [2.05, 4.69) is 28.4 Å². The molecule has 2 saturated heterocycles. The quantitative estimate of drug-likeness (QED) is 0.578.